The van der Waals surface area contributed by atoms with E-state index in [1.807, 2.05) is 0 Å². The van der Waals surface area contributed by atoms with Crippen molar-refractivity contribution in [2.75, 3.05) is 13.2 Å². The van der Waals surface area contributed by atoms with Gasteiger partial charge in [-0.05, 0) is 25.7 Å². The molecule has 0 fully saturated rings. The molecule has 1 N–H and O–H groups in total. The van der Waals surface area contributed by atoms with E-state index in [0.29, 0.717) is 26.1 Å². The molecule has 0 atom stereocenters. The number of esters is 1. The highest BCUT2D eigenvalue weighted by atomic mass is 16.5. The summed E-state index contributed by atoms with van der Waals surface area (Å²) in [5, 5.41) is 8.39. The van der Waals surface area contributed by atoms with E-state index in [4.69, 9.17) is 14.6 Å². The smallest absolute Gasteiger partial charge is 0.305 e. The number of hydrogen-bond donors (Lipinski definition) is 1. The average Bonchev–Trinajstić information content (AvgIpc) is 2.29. The SMILES string of the molecule is C=COCCCCOC(=O)CCCCC(=O)O. The summed E-state index contributed by atoms with van der Waals surface area (Å²) in [6.07, 6.45) is 4.42. The third-order valence-electron chi connectivity index (χ3n) is 2.06. The van der Waals surface area contributed by atoms with Gasteiger partial charge in [-0.2, -0.15) is 0 Å². The largest absolute Gasteiger partial charge is 0.502 e. The lowest BCUT2D eigenvalue weighted by molar-refractivity contribution is -0.144. The van der Waals surface area contributed by atoms with Crippen molar-refractivity contribution in [2.45, 2.75) is 38.5 Å². The van der Waals surface area contributed by atoms with E-state index in [-0.39, 0.29) is 18.8 Å². The Morgan fingerprint density at radius 1 is 1.06 bits per heavy atom. The molecular weight excluding hydrogens is 224 g/mol. The Morgan fingerprint density at radius 2 is 1.71 bits per heavy atom. The van der Waals surface area contributed by atoms with Crippen LogP contribution in [0.15, 0.2) is 12.8 Å². The van der Waals surface area contributed by atoms with Crippen molar-refractivity contribution < 1.29 is 24.2 Å². The molecular formula is C12H20O5. The number of hydrogen-bond acceptors (Lipinski definition) is 4. The van der Waals surface area contributed by atoms with Crippen molar-refractivity contribution in [3.05, 3.63) is 12.8 Å². The molecule has 17 heavy (non-hydrogen) atoms. The summed E-state index contributed by atoms with van der Waals surface area (Å²) >= 11 is 0. The van der Waals surface area contributed by atoms with Gasteiger partial charge in [-0.3, -0.25) is 9.59 Å². The van der Waals surface area contributed by atoms with E-state index >= 15 is 0 Å². The third kappa shape index (κ3) is 12.4. The molecule has 0 radical (unpaired) electrons. The molecule has 0 aromatic rings. The number of ether oxygens (including phenoxy) is 2. The molecule has 5 nitrogen and oxygen atoms in total. The number of unbranched alkanes of at least 4 members (excludes halogenated alkanes) is 2. The van der Waals surface area contributed by atoms with Gasteiger partial charge in [0.25, 0.3) is 0 Å². The predicted molar refractivity (Wildman–Crippen MR) is 62.4 cm³/mol. The fraction of sp³-hybridized carbons (Fsp3) is 0.667. The molecule has 0 heterocycles. The molecule has 0 aliphatic carbocycles. The molecule has 0 amide bonds. The van der Waals surface area contributed by atoms with Crippen LogP contribution in [-0.2, 0) is 19.1 Å². The molecule has 0 aliphatic rings. The maximum Gasteiger partial charge on any atom is 0.305 e. The number of carboxylic acid groups (broad SMARTS) is 1. The quantitative estimate of drug-likeness (QED) is 0.342. The summed E-state index contributed by atoms with van der Waals surface area (Å²) in [6, 6.07) is 0. The molecule has 0 saturated heterocycles. The minimum absolute atomic E-state index is 0.103. The second-order valence-corrected chi connectivity index (χ2v) is 3.57. The molecule has 0 aliphatic heterocycles. The molecule has 0 saturated carbocycles. The Morgan fingerprint density at radius 3 is 2.35 bits per heavy atom. The Kier molecular flexibility index (Phi) is 10.00. The Labute approximate surface area is 101 Å². The summed E-state index contributed by atoms with van der Waals surface area (Å²) in [6.45, 7) is 4.38. The number of aliphatic carboxylic acids is 1. The molecule has 0 spiro atoms. The van der Waals surface area contributed by atoms with Crippen LogP contribution in [0, 0.1) is 0 Å². The summed E-state index contributed by atoms with van der Waals surface area (Å²) in [5.41, 5.74) is 0. The van der Waals surface area contributed by atoms with Crippen molar-refractivity contribution in [1.29, 1.82) is 0 Å². The van der Waals surface area contributed by atoms with E-state index in [2.05, 4.69) is 6.58 Å². The average molecular weight is 244 g/mol. The lowest BCUT2D eigenvalue weighted by Gasteiger charge is -2.04. The van der Waals surface area contributed by atoms with Crippen molar-refractivity contribution in [3.8, 4) is 0 Å². The Hall–Kier alpha value is -1.52. The third-order valence-corrected chi connectivity index (χ3v) is 2.06. The summed E-state index contributed by atoms with van der Waals surface area (Å²) in [7, 11) is 0. The van der Waals surface area contributed by atoms with E-state index in [0.717, 1.165) is 12.8 Å². The van der Waals surface area contributed by atoms with Gasteiger partial charge in [-0.25, -0.2) is 0 Å². The van der Waals surface area contributed by atoms with Gasteiger partial charge in [0.2, 0.25) is 0 Å². The lowest BCUT2D eigenvalue weighted by atomic mass is 10.2. The zero-order chi connectivity index (χ0) is 12.9. The van der Waals surface area contributed by atoms with Gasteiger partial charge in [-0.15, -0.1) is 0 Å². The zero-order valence-corrected chi connectivity index (χ0v) is 10.0. The first-order valence-electron chi connectivity index (χ1n) is 5.76. The predicted octanol–water partition coefficient (Wildman–Crippen LogP) is 2.11. The first-order valence-corrected chi connectivity index (χ1v) is 5.76. The topological polar surface area (TPSA) is 72.8 Å². The summed E-state index contributed by atoms with van der Waals surface area (Å²) in [4.78, 5) is 21.4. The zero-order valence-electron chi connectivity index (χ0n) is 10.0. The lowest BCUT2D eigenvalue weighted by Crippen LogP contribution is -2.06. The molecule has 0 bridgehead atoms. The van der Waals surface area contributed by atoms with Gasteiger partial charge in [0, 0.05) is 12.8 Å². The first-order chi connectivity index (χ1) is 8.16. The number of carbonyl (C=O) groups excluding carboxylic acids is 1. The van der Waals surface area contributed by atoms with Crippen LogP contribution in [0.4, 0.5) is 0 Å². The number of carbonyl (C=O) groups is 2. The highest BCUT2D eigenvalue weighted by Gasteiger charge is 2.03. The molecule has 0 unspecified atom stereocenters. The van der Waals surface area contributed by atoms with E-state index in [9.17, 15) is 9.59 Å². The van der Waals surface area contributed by atoms with Gasteiger partial charge < -0.3 is 14.6 Å². The minimum atomic E-state index is -0.833. The normalized spacial score (nSPS) is 9.65. The van der Waals surface area contributed by atoms with Crippen LogP contribution in [-0.4, -0.2) is 30.3 Å². The van der Waals surface area contributed by atoms with E-state index in [1.165, 1.54) is 6.26 Å². The summed E-state index contributed by atoms with van der Waals surface area (Å²) in [5.74, 6) is -1.10. The van der Waals surface area contributed by atoms with E-state index in [1.54, 1.807) is 0 Å². The van der Waals surface area contributed by atoms with Crippen LogP contribution in [0.2, 0.25) is 0 Å². The van der Waals surface area contributed by atoms with Gasteiger partial charge in [0.15, 0.2) is 0 Å². The fourth-order valence-electron chi connectivity index (χ4n) is 1.17. The maximum absolute atomic E-state index is 11.2. The second kappa shape index (κ2) is 11.0. The van der Waals surface area contributed by atoms with Crippen LogP contribution in [0.5, 0.6) is 0 Å². The van der Waals surface area contributed by atoms with Crippen molar-refractivity contribution in [2.24, 2.45) is 0 Å². The molecule has 98 valence electrons. The van der Waals surface area contributed by atoms with Crippen LogP contribution in [0.1, 0.15) is 38.5 Å². The van der Waals surface area contributed by atoms with Crippen LogP contribution >= 0.6 is 0 Å². The number of carboxylic acids is 1. The van der Waals surface area contributed by atoms with E-state index < -0.39 is 5.97 Å². The maximum atomic E-state index is 11.2. The fourth-order valence-corrected chi connectivity index (χ4v) is 1.17. The van der Waals surface area contributed by atoms with Crippen LogP contribution < -0.4 is 0 Å². The minimum Gasteiger partial charge on any atom is -0.502 e. The Bertz CT molecular complexity index is 237. The molecule has 5 heteroatoms. The second-order valence-electron chi connectivity index (χ2n) is 3.57. The highest BCUT2D eigenvalue weighted by molar-refractivity contribution is 5.69. The Balaban J connectivity index is 3.23. The first kappa shape index (κ1) is 15.5. The van der Waals surface area contributed by atoms with Crippen LogP contribution in [0.25, 0.3) is 0 Å². The van der Waals surface area contributed by atoms with Gasteiger partial charge in [0.05, 0.1) is 19.5 Å². The summed E-state index contributed by atoms with van der Waals surface area (Å²) < 4.78 is 9.87. The monoisotopic (exact) mass is 244 g/mol. The number of rotatable bonds is 11. The highest BCUT2D eigenvalue weighted by Crippen LogP contribution is 2.02. The molecule has 0 aromatic carbocycles. The van der Waals surface area contributed by atoms with Crippen molar-refractivity contribution in [1.82, 2.24) is 0 Å². The van der Waals surface area contributed by atoms with Gasteiger partial charge in [-0.1, -0.05) is 6.58 Å². The standard InChI is InChI=1S/C12H20O5/c1-2-16-9-5-6-10-17-12(15)8-4-3-7-11(13)14/h2H,1,3-10H2,(H,13,14). The van der Waals surface area contributed by atoms with Crippen LogP contribution in [0.3, 0.4) is 0 Å². The van der Waals surface area contributed by atoms with Crippen molar-refractivity contribution >= 4 is 11.9 Å². The van der Waals surface area contributed by atoms with Crippen molar-refractivity contribution in [3.63, 3.8) is 0 Å². The van der Waals surface area contributed by atoms with Gasteiger partial charge in [0.1, 0.15) is 0 Å². The molecule has 0 aromatic heterocycles. The molecule has 0 rings (SSSR count). The van der Waals surface area contributed by atoms with Gasteiger partial charge >= 0.3 is 11.9 Å².